The number of thioether (sulfide) groups is 2. The molecule has 1 aromatic carbocycles. The molecule has 0 unspecified atom stereocenters. The quantitative estimate of drug-likeness (QED) is 0.705. The van der Waals surface area contributed by atoms with Gasteiger partial charge in [-0.3, -0.25) is 9.69 Å². The molecule has 0 saturated carbocycles. The lowest BCUT2D eigenvalue weighted by atomic mass is 10.2. The van der Waals surface area contributed by atoms with Gasteiger partial charge in [0.05, 0.1) is 18.0 Å². The number of benzene rings is 1. The van der Waals surface area contributed by atoms with E-state index in [1.807, 2.05) is 34.9 Å². The van der Waals surface area contributed by atoms with E-state index in [0.717, 1.165) is 31.7 Å². The predicted molar refractivity (Wildman–Crippen MR) is 108 cm³/mol. The molecule has 4 rings (SSSR count). The number of nitrogens with zero attached hydrogens (tertiary/aromatic N) is 4. The largest absolute Gasteiger partial charge is 0.415 e. The Balaban J connectivity index is 1.37. The molecule has 144 valence electrons. The molecule has 2 aromatic rings. The first kappa shape index (κ1) is 18.8. The van der Waals surface area contributed by atoms with Gasteiger partial charge >= 0.3 is 0 Å². The molecule has 1 aromatic heterocycles. The lowest BCUT2D eigenvalue weighted by molar-refractivity contribution is -0.116. The van der Waals surface area contributed by atoms with E-state index in [9.17, 15) is 4.79 Å². The molecule has 0 aliphatic carbocycles. The molecule has 1 atom stereocenters. The number of likely N-dealkylation sites (tertiary alicyclic amines) is 1. The molecule has 6 nitrogen and oxygen atoms in total. The van der Waals surface area contributed by atoms with Crippen molar-refractivity contribution < 1.29 is 9.21 Å². The van der Waals surface area contributed by atoms with Gasteiger partial charge in [0.1, 0.15) is 0 Å². The maximum absolute atomic E-state index is 12.9. The molecule has 8 heteroatoms. The molecule has 0 spiro atoms. The first-order valence-electron chi connectivity index (χ1n) is 9.42. The maximum atomic E-state index is 12.9. The lowest BCUT2D eigenvalue weighted by Crippen LogP contribution is -2.33. The van der Waals surface area contributed by atoms with E-state index < -0.39 is 0 Å². The molecular formula is C19H24N4O2S2. The number of aromatic nitrogens is 2. The Kier molecular flexibility index (Phi) is 6.04. The van der Waals surface area contributed by atoms with Gasteiger partial charge < -0.3 is 9.32 Å². The van der Waals surface area contributed by atoms with Crippen LogP contribution in [0, 0.1) is 0 Å². The highest BCUT2D eigenvalue weighted by molar-refractivity contribution is 8.00. The summed E-state index contributed by atoms with van der Waals surface area (Å²) in [5.41, 5.74) is 1.01. The molecular weight excluding hydrogens is 380 g/mol. The third-order valence-electron chi connectivity index (χ3n) is 4.87. The average molecular weight is 405 g/mol. The van der Waals surface area contributed by atoms with Crippen LogP contribution in [0.3, 0.4) is 0 Å². The van der Waals surface area contributed by atoms with Crippen LogP contribution < -0.4 is 4.90 Å². The normalized spacial score (nSPS) is 20.5. The summed E-state index contributed by atoms with van der Waals surface area (Å²) in [4.78, 5) is 18.3. The van der Waals surface area contributed by atoms with Crippen LogP contribution in [0.15, 0.2) is 38.8 Å². The Morgan fingerprint density at radius 2 is 2.07 bits per heavy atom. The SMILES string of the molecule is C[C@@H]1CCN(C(=O)CSc2nnc(CN3CCCC3)o2)c2ccccc2S1. The fraction of sp³-hybridized carbons (Fsp3) is 0.526. The predicted octanol–water partition coefficient (Wildman–Crippen LogP) is 3.68. The van der Waals surface area contributed by atoms with Crippen molar-refractivity contribution in [3.63, 3.8) is 0 Å². The third kappa shape index (κ3) is 4.67. The molecule has 0 radical (unpaired) electrons. The molecule has 2 aliphatic heterocycles. The van der Waals surface area contributed by atoms with Crippen molar-refractivity contribution in [2.75, 3.05) is 30.3 Å². The minimum atomic E-state index is 0.0847. The zero-order valence-electron chi connectivity index (χ0n) is 15.5. The number of amides is 1. The van der Waals surface area contributed by atoms with Crippen LogP contribution in [0.25, 0.3) is 0 Å². The highest BCUT2D eigenvalue weighted by atomic mass is 32.2. The van der Waals surface area contributed by atoms with Crippen LogP contribution in [0.4, 0.5) is 5.69 Å². The summed E-state index contributed by atoms with van der Waals surface area (Å²) in [6.07, 6.45) is 3.45. The second-order valence-corrected chi connectivity index (χ2v) is 9.37. The monoisotopic (exact) mass is 404 g/mol. The standard InChI is InChI=1S/C19H24N4O2S2/c1-14-8-11-23(15-6-2-3-7-16(15)27-14)18(24)13-26-19-21-20-17(25-19)12-22-9-4-5-10-22/h2-3,6-7,14H,4-5,8-13H2,1H3/t14-/m1/s1. The molecule has 3 heterocycles. The summed E-state index contributed by atoms with van der Waals surface area (Å²) in [6.45, 7) is 5.84. The third-order valence-corrected chi connectivity index (χ3v) is 6.91. The fourth-order valence-electron chi connectivity index (χ4n) is 3.44. The fourth-order valence-corrected chi connectivity index (χ4v) is 5.21. The molecule has 27 heavy (non-hydrogen) atoms. The number of para-hydroxylation sites is 1. The van der Waals surface area contributed by atoms with Crippen LogP contribution in [0.5, 0.6) is 0 Å². The maximum Gasteiger partial charge on any atom is 0.277 e. The van der Waals surface area contributed by atoms with Crippen molar-refractivity contribution in [1.82, 2.24) is 15.1 Å². The number of hydrogen-bond acceptors (Lipinski definition) is 7. The summed E-state index contributed by atoms with van der Waals surface area (Å²) in [5.74, 6) is 1.03. The van der Waals surface area contributed by atoms with E-state index in [4.69, 9.17) is 4.42 Å². The number of fused-ring (bicyclic) bond motifs is 1. The van der Waals surface area contributed by atoms with Crippen molar-refractivity contribution >= 4 is 35.1 Å². The molecule has 0 N–H and O–H groups in total. The van der Waals surface area contributed by atoms with Gasteiger partial charge in [-0.05, 0) is 44.5 Å². The smallest absolute Gasteiger partial charge is 0.277 e. The van der Waals surface area contributed by atoms with Gasteiger partial charge in [-0.2, -0.15) is 0 Å². The average Bonchev–Trinajstić information content (AvgIpc) is 3.30. The van der Waals surface area contributed by atoms with Gasteiger partial charge in [0.2, 0.25) is 11.8 Å². The van der Waals surface area contributed by atoms with Crippen molar-refractivity contribution in [3.05, 3.63) is 30.2 Å². The highest BCUT2D eigenvalue weighted by Gasteiger charge is 2.24. The summed E-state index contributed by atoms with van der Waals surface area (Å²) in [7, 11) is 0. The van der Waals surface area contributed by atoms with Gasteiger partial charge in [-0.1, -0.05) is 30.8 Å². The van der Waals surface area contributed by atoms with E-state index in [1.165, 1.54) is 29.5 Å². The lowest BCUT2D eigenvalue weighted by Gasteiger charge is -2.22. The van der Waals surface area contributed by atoms with Gasteiger partial charge in [0, 0.05) is 16.7 Å². The van der Waals surface area contributed by atoms with Crippen molar-refractivity contribution in [1.29, 1.82) is 0 Å². The summed E-state index contributed by atoms with van der Waals surface area (Å²) < 4.78 is 5.72. The molecule has 0 bridgehead atoms. The summed E-state index contributed by atoms with van der Waals surface area (Å²) >= 11 is 3.17. The van der Waals surface area contributed by atoms with E-state index >= 15 is 0 Å². The van der Waals surface area contributed by atoms with Crippen LogP contribution >= 0.6 is 23.5 Å². The highest BCUT2D eigenvalue weighted by Crippen LogP contribution is 2.37. The number of rotatable bonds is 5. The van der Waals surface area contributed by atoms with Crippen LogP contribution in [0.1, 0.15) is 32.1 Å². The van der Waals surface area contributed by atoms with Crippen molar-refractivity contribution in [2.45, 2.75) is 48.1 Å². The summed E-state index contributed by atoms with van der Waals surface area (Å²) in [6, 6.07) is 8.15. The number of carbonyl (C=O) groups is 1. The zero-order chi connectivity index (χ0) is 18.6. The van der Waals surface area contributed by atoms with Crippen LogP contribution in [-0.4, -0.2) is 51.6 Å². The van der Waals surface area contributed by atoms with Gasteiger partial charge in [0.15, 0.2) is 0 Å². The first-order valence-corrected chi connectivity index (χ1v) is 11.3. The Hall–Kier alpha value is -1.51. The Labute approximate surface area is 168 Å². The topological polar surface area (TPSA) is 62.5 Å². The van der Waals surface area contributed by atoms with Crippen LogP contribution in [-0.2, 0) is 11.3 Å². The van der Waals surface area contributed by atoms with E-state index in [0.29, 0.717) is 28.7 Å². The molecule has 1 fully saturated rings. The second-order valence-electron chi connectivity index (χ2n) is 6.96. The molecule has 2 aliphatic rings. The first-order chi connectivity index (χ1) is 13.2. The second kappa shape index (κ2) is 8.67. The number of hydrogen-bond donors (Lipinski definition) is 0. The van der Waals surface area contributed by atoms with E-state index in [2.05, 4.69) is 28.1 Å². The van der Waals surface area contributed by atoms with Gasteiger partial charge in [0.25, 0.3) is 5.22 Å². The zero-order valence-corrected chi connectivity index (χ0v) is 17.1. The molecule has 1 saturated heterocycles. The van der Waals surface area contributed by atoms with E-state index in [-0.39, 0.29) is 5.91 Å². The number of carbonyl (C=O) groups excluding carboxylic acids is 1. The Morgan fingerprint density at radius 3 is 2.93 bits per heavy atom. The summed E-state index contributed by atoms with van der Waals surface area (Å²) in [5, 5.41) is 9.19. The van der Waals surface area contributed by atoms with Crippen molar-refractivity contribution in [2.24, 2.45) is 0 Å². The van der Waals surface area contributed by atoms with Crippen LogP contribution in [0.2, 0.25) is 0 Å². The Morgan fingerprint density at radius 1 is 1.26 bits per heavy atom. The van der Waals surface area contributed by atoms with Gasteiger partial charge in [-0.15, -0.1) is 22.0 Å². The number of anilines is 1. The van der Waals surface area contributed by atoms with Crippen molar-refractivity contribution in [3.8, 4) is 0 Å². The van der Waals surface area contributed by atoms with Gasteiger partial charge in [-0.25, -0.2) is 0 Å². The van der Waals surface area contributed by atoms with E-state index in [1.54, 1.807) is 0 Å². The molecule has 1 amide bonds. The minimum absolute atomic E-state index is 0.0847. The Bertz CT molecular complexity index is 792. The minimum Gasteiger partial charge on any atom is -0.415 e.